The number of rotatable bonds is 3. The number of carbonyl (C=O) groups is 1. The molecule has 3 heteroatoms. The van der Waals surface area contributed by atoms with Crippen molar-refractivity contribution in [3.05, 3.63) is 29.8 Å². The summed E-state index contributed by atoms with van der Waals surface area (Å²) in [6.07, 6.45) is 2.43. The van der Waals surface area contributed by atoms with E-state index in [1.807, 2.05) is 6.07 Å². The number of fused-ring (bicyclic) bond motifs is 1. The van der Waals surface area contributed by atoms with Crippen LogP contribution in [0.4, 0.5) is 5.69 Å². The lowest BCUT2D eigenvalue weighted by atomic mass is 9.90. The summed E-state index contributed by atoms with van der Waals surface area (Å²) in [6, 6.07) is 8.32. The van der Waals surface area contributed by atoms with Crippen LogP contribution in [0.2, 0.25) is 0 Å². The maximum atomic E-state index is 10.7. The molecule has 1 aromatic carbocycles. The van der Waals surface area contributed by atoms with Gasteiger partial charge in [-0.2, -0.15) is 0 Å². The number of nitrogens with two attached hydrogens (primary N) is 1. The third-order valence-electron chi connectivity index (χ3n) is 2.91. The predicted molar refractivity (Wildman–Crippen MR) is 60.6 cm³/mol. The SMILES string of the molecule is NC(=O)CCC1CNc2ccccc2C1. The van der Waals surface area contributed by atoms with E-state index in [4.69, 9.17) is 5.73 Å². The monoisotopic (exact) mass is 204 g/mol. The van der Waals surface area contributed by atoms with Crippen LogP contribution in [0, 0.1) is 5.92 Å². The highest BCUT2D eigenvalue weighted by atomic mass is 16.1. The van der Waals surface area contributed by atoms with Gasteiger partial charge in [0.05, 0.1) is 0 Å². The second-order valence-corrected chi connectivity index (χ2v) is 4.11. The number of carbonyl (C=O) groups excluding carboxylic acids is 1. The first kappa shape index (κ1) is 10.0. The smallest absolute Gasteiger partial charge is 0.217 e. The fourth-order valence-corrected chi connectivity index (χ4v) is 2.06. The number of benzene rings is 1. The summed E-state index contributed by atoms with van der Waals surface area (Å²) in [5.41, 5.74) is 7.72. The summed E-state index contributed by atoms with van der Waals surface area (Å²) < 4.78 is 0. The normalized spacial score (nSPS) is 19.1. The van der Waals surface area contributed by atoms with Gasteiger partial charge in [-0.3, -0.25) is 4.79 Å². The summed E-state index contributed by atoms with van der Waals surface area (Å²) in [7, 11) is 0. The van der Waals surface area contributed by atoms with Crippen LogP contribution in [0.5, 0.6) is 0 Å². The standard InChI is InChI=1S/C12H16N2O/c13-12(15)6-5-9-7-10-3-1-2-4-11(10)14-8-9/h1-4,9,14H,5-8H2,(H2,13,15). The molecular weight excluding hydrogens is 188 g/mol. The van der Waals surface area contributed by atoms with E-state index in [-0.39, 0.29) is 5.91 Å². The second-order valence-electron chi connectivity index (χ2n) is 4.11. The molecule has 0 fully saturated rings. The Kier molecular flexibility index (Phi) is 2.90. The molecular formula is C12H16N2O. The first-order valence-electron chi connectivity index (χ1n) is 5.36. The first-order chi connectivity index (χ1) is 7.25. The molecule has 1 heterocycles. The van der Waals surface area contributed by atoms with E-state index in [2.05, 4.69) is 23.5 Å². The minimum Gasteiger partial charge on any atom is -0.385 e. The predicted octanol–water partition coefficient (Wildman–Crippen LogP) is 1.54. The summed E-state index contributed by atoms with van der Waals surface area (Å²) in [6.45, 7) is 0.949. The van der Waals surface area contributed by atoms with Crippen molar-refractivity contribution in [1.82, 2.24) is 0 Å². The molecule has 1 atom stereocenters. The number of nitrogens with one attached hydrogen (secondary N) is 1. The number of hydrogen-bond acceptors (Lipinski definition) is 2. The van der Waals surface area contributed by atoms with Gasteiger partial charge in [-0.15, -0.1) is 0 Å². The Bertz CT molecular complexity index is 362. The van der Waals surface area contributed by atoms with Gasteiger partial charge in [-0.1, -0.05) is 18.2 Å². The minimum atomic E-state index is -0.200. The molecule has 80 valence electrons. The molecule has 1 unspecified atom stereocenters. The number of anilines is 1. The van der Waals surface area contributed by atoms with E-state index < -0.39 is 0 Å². The minimum absolute atomic E-state index is 0.200. The van der Waals surface area contributed by atoms with Gasteiger partial charge >= 0.3 is 0 Å². The van der Waals surface area contributed by atoms with Gasteiger partial charge in [0.1, 0.15) is 0 Å². The second kappa shape index (κ2) is 4.34. The number of hydrogen-bond donors (Lipinski definition) is 2. The van der Waals surface area contributed by atoms with Crippen molar-refractivity contribution in [3.63, 3.8) is 0 Å². The lowest BCUT2D eigenvalue weighted by molar-refractivity contribution is -0.118. The molecule has 3 N–H and O–H groups in total. The molecule has 0 aliphatic carbocycles. The fourth-order valence-electron chi connectivity index (χ4n) is 2.06. The molecule has 2 rings (SSSR count). The number of primary amides is 1. The van der Waals surface area contributed by atoms with Crippen molar-refractivity contribution in [3.8, 4) is 0 Å². The average molecular weight is 204 g/mol. The maximum absolute atomic E-state index is 10.7. The van der Waals surface area contributed by atoms with E-state index in [9.17, 15) is 4.79 Å². The zero-order valence-corrected chi connectivity index (χ0v) is 8.70. The zero-order valence-electron chi connectivity index (χ0n) is 8.70. The number of para-hydroxylation sites is 1. The Balaban J connectivity index is 1.96. The fraction of sp³-hybridized carbons (Fsp3) is 0.417. The van der Waals surface area contributed by atoms with E-state index in [0.29, 0.717) is 12.3 Å². The largest absolute Gasteiger partial charge is 0.385 e. The summed E-state index contributed by atoms with van der Waals surface area (Å²) >= 11 is 0. The molecule has 3 nitrogen and oxygen atoms in total. The highest BCUT2D eigenvalue weighted by Gasteiger charge is 2.17. The molecule has 0 bridgehead atoms. The average Bonchev–Trinajstić information content (AvgIpc) is 2.26. The van der Waals surface area contributed by atoms with Gasteiger partial charge in [0.15, 0.2) is 0 Å². The van der Waals surface area contributed by atoms with Gasteiger partial charge in [-0.05, 0) is 30.4 Å². The number of amides is 1. The van der Waals surface area contributed by atoms with Gasteiger partial charge in [-0.25, -0.2) is 0 Å². The highest BCUT2D eigenvalue weighted by molar-refractivity contribution is 5.73. The molecule has 1 aliphatic rings. The van der Waals surface area contributed by atoms with Crippen molar-refractivity contribution in [2.24, 2.45) is 11.7 Å². The molecule has 0 spiro atoms. The summed E-state index contributed by atoms with van der Waals surface area (Å²) in [5.74, 6) is 0.334. The Morgan fingerprint density at radius 2 is 2.27 bits per heavy atom. The molecule has 0 saturated carbocycles. The highest BCUT2D eigenvalue weighted by Crippen LogP contribution is 2.26. The van der Waals surface area contributed by atoms with Crippen LogP contribution >= 0.6 is 0 Å². The van der Waals surface area contributed by atoms with Crippen molar-refractivity contribution in [2.45, 2.75) is 19.3 Å². The summed E-state index contributed by atoms with van der Waals surface area (Å²) in [5, 5.41) is 3.38. The van der Waals surface area contributed by atoms with Crippen molar-refractivity contribution in [2.75, 3.05) is 11.9 Å². The van der Waals surface area contributed by atoms with Crippen LogP contribution in [0.3, 0.4) is 0 Å². The molecule has 0 radical (unpaired) electrons. The van der Waals surface area contributed by atoms with Crippen molar-refractivity contribution in [1.29, 1.82) is 0 Å². The van der Waals surface area contributed by atoms with E-state index in [1.54, 1.807) is 0 Å². The van der Waals surface area contributed by atoms with Crippen molar-refractivity contribution >= 4 is 11.6 Å². The third-order valence-corrected chi connectivity index (χ3v) is 2.91. The van der Waals surface area contributed by atoms with Gasteiger partial charge in [0.2, 0.25) is 5.91 Å². The van der Waals surface area contributed by atoms with E-state index in [1.165, 1.54) is 11.3 Å². The lowest BCUT2D eigenvalue weighted by Gasteiger charge is -2.25. The van der Waals surface area contributed by atoms with Crippen molar-refractivity contribution < 1.29 is 4.79 Å². The quantitative estimate of drug-likeness (QED) is 0.784. The van der Waals surface area contributed by atoms with Crippen LogP contribution in [-0.2, 0) is 11.2 Å². The van der Waals surface area contributed by atoms with Crippen LogP contribution in [0.1, 0.15) is 18.4 Å². The molecule has 1 aromatic rings. The Morgan fingerprint density at radius 1 is 1.47 bits per heavy atom. The van der Waals surface area contributed by atoms with Gasteiger partial charge in [0.25, 0.3) is 0 Å². The van der Waals surface area contributed by atoms with Gasteiger partial charge in [0, 0.05) is 18.7 Å². The van der Waals surface area contributed by atoms with Crippen LogP contribution in [0.15, 0.2) is 24.3 Å². The molecule has 0 saturated heterocycles. The lowest BCUT2D eigenvalue weighted by Crippen LogP contribution is -2.24. The van der Waals surface area contributed by atoms with Gasteiger partial charge < -0.3 is 11.1 Å². The third kappa shape index (κ3) is 2.49. The van der Waals surface area contributed by atoms with Crippen LogP contribution < -0.4 is 11.1 Å². The Morgan fingerprint density at radius 3 is 3.07 bits per heavy atom. The molecule has 0 aromatic heterocycles. The van der Waals surface area contributed by atoms with Crippen LogP contribution in [0.25, 0.3) is 0 Å². The molecule has 15 heavy (non-hydrogen) atoms. The Hall–Kier alpha value is -1.51. The zero-order chi connectivity index (χ0) is 10.7. The van der Waals surface area contributed by atoms with E-state index >= 15 is 0 Å². The topological polar surface area (TPSA) is 55.1 Å². The van der Waals surface area contributed by atoms with E-state index in [0.717, 1.165) is 19.4 Å². The van der Waals surface area contributed by atoms with Crippen LogP contribution in [-0.4, -0.2) is 12.5 Å². The first-order valence-corrected chi connectivity index (χ1v) is 5.36. The Labute approximate surface area is 89.7 Å². The molecule has 1 amide bonds. The molecule has 1 aliphatic heterocycles. The maximum Gasteiger partial charge on any atom is 0.217 e. The summed E-state index contributed by atoms with van der Waals surface area (Å²) in [4.78, 5) is 10.7.